The number of benzene rings is 2. The predicted octanol–water partition coefficient (Wildman–Crippen LogP) is 4.05. The number of carbonyl (C=O) groups excluding carboxylic acids is 3. The minimum Gasteiger partial charge on any atom is -0.507 e. The Kier molecular flexibility index (Phi) is 12.2. The number of amides is 1. The van der Waals surface area contributed by atoms with Gasteiger partial charge in [0.2, 0.25) is 0 Å². The van der Waals surface area contributed by atoms with E-state index in [4.69, 9.17) is 24.8 Å². The standard InChI is InChI=1S/C38H49N3O12/c1-16-11-10-12-17(2)37(49)41-28-23(15-40-39)32(46)25-26(33(28)47)31(45)21(6)35-27(25)36(48)38(8,53-35)51-14-13-24(50-9)18(3)34(52-22(7)42)20(5)30(44)19(4)29(16)43/h10-16,18-20,24,29-30,34,43-47H,39H2,1-9H3,(H,41,49)/b11-10+,14-13+,17-12-,40-15?/t16-,18+,19+,20+,24-,29-,30+,34+,38-/m0/s1. The van der Waals surface area contributed by atoms with Crippen molar-refractivity contribution in [3.8, 4) is 23.0 Å². The first-order chi connectivity index (χ1) is 24.8. The predicted molar refractivity (Wildman–Crippen MR) is 196 cm³/mol. The highest BCUT2D eigenvalue weighted by atomic mass is 16.7. The Hall–Kier alpha value is -5.12. The van der Waals surface area contributed by atoms with E-state index < -0.39 is 88.8 Å². The highest BCUT2D eigenvalue weighted by Crippen LogP contribution is 2.55. The van der Waals surface area contributed by atoms with Crippen molar-refractivity contribution < 1.29 is 58.9 Å². The summed E-state index contributed by atoms with van der Waals surface area (Å²) in [5, 5.41) is 62.5. The van der Waals surface area contributed by atoms with Gasteiger partial charge in [-0.3, -0.25) is 14.4 Å². The molecule has 3 heterocycles. The number of aliphatic hydroxyl groups excluding tert-OH is 2. The molecular formula is C38H49N3O12. The van der Waals surface area contributed by atoms with Gasteiger partial charge >= 0.3 is 11.8 Å². The number of methoxy groups -OCH3 is 1. The molecular weight excluding hydrogens is 690 g/mol. The average Bonchev–Trinajstić information content (AvgIpc) is 3.38. The number of phenols is 3. The molecule has 15 heteroatoms. The lowest BCUT2D eigenvalue weighted by molar-refractivity contribution is -0.160. The Morgan fingerprint density at radius 1 is 0.981 bits per heavy atom. The molecule has 3 aliphatic rings. The number of carbonyl (C=O) groups is 3. The molecule has 0 fully saturated rings. The molecule has 288 valence electrons. The maximum absolute atomic E-state index is 14.1. The Morgan fingerprint density at radius 2 is 1.64 bits per heavy atom. The van der Waals surface area contributed by atoms with Gasteiger partial charge in [0.05, 0.1) is 53.0 Å². The van der Waals surface area contributed by atoms with Gasteiger partial charge in [0.1, 0.15) is 23.4 Å². The van der Waals surface area contributed by atoms with E-state index in [9.17, 15) is 39.9 Å². The molecule has 0 aromatic heterocycles. The van der Waals surface area contributed by atoms with Crippen LogP contribution in [0.2, 0.25) is 0 Å². The number of phenolic OH excluding ortho intramolecular Hbond substituents is 3. The molecule has 9 atom stereocenters. The van der Waals surface area contributed by atoms with Crippen LogP contribution in [-0.4, -0.2) is 86.7 Å². The highest BCUT2D eigenvalue weighted by Gasteiger charge is 2.50. The molecule has 8 N–H and O–H groups in total. The maximum atomic E-state index is 14.1. The van der Waals surface area contributed by atoms with Crippen LogP contribution < -0.4 is 15.9 Å². The van der Waals surface area contributed by atoms with E-state index in [-0.39, 0.29) is 44.5 Å². The number of Topliss-reactive ketones (excluding diaryl/α,β-unsaturated/α-hetero) is 1. The van der Waals surface area contributed by atoms with Crippen molar-refractivity contribution >= 4 is 40.3 Å². The number of ether oxygens (including phenoxy) is 4. The molecule has 0 unspecified atom stereocenters. The molecule has 0 spiro atoms. The zero-order valence-electron chi connectivity index (χ0n) is 31.2. The molecule has 2 aromatic carbocycles. The van der Waals surface area contributed by atoms with Gasteiger partial charge < -0.3 is 55.6 Å². The third-order valence-corrected chi connectivity index (χ3v) is 10.2. The van der Waals surface area contributed by atoms with Gasteiger partial charge in [0, 0.05) is 61.2 Å². The van der Waals surface area contributed by atoms with Crippen LogP contribution in [0.15, 0.2) is 41.2 Å². The third kappa shape index (κ3) is 7.54. The first-order valence-electron chi connectivity index (χ1n) is 17.1. The summed E-state index contributed by atoms with van der Waals surface area (Å²) < 4.78 is 23.3. The molecule has 0 radical (unpaired) electrons. The van der Waals surface area contributed by atoms with Crippen molar-refractivity contribution in [3.63, 3.8) is 0 Å². The molecule has 0 aliphatic carbocycles. The summed E-state index contributed by atoms with van der Waals surface area (Å²) in [4.78, 5) is 39.8. The van der Waals surface area contributed by atoms with Gasteiger partial charge in [-0.25, -0.2) is 0 Å². The van der Waals surface area contributed by atoms with Gasteiger partial charge in [-0.05, 0) is 19.9 Å². The van der Waals surface area contributed by atoms with Gasteiger partial charge in [0.15, 0.2) is 5.75 Å². The minimum absolute atomic E-state index is 0.0294. The van der Waals surface area contributed by atoms with Crippen LogP contribution in [0.1, 0.15) is 70.0 Å². The van der Waals surface area contributed by atoms with Crippen molar-refractivity contribution in [1.82, 2.24) is 0 Å². The van der Waals surface area contributed by atoms with Crippen molar-refractivity contribution in [2.75, 3.05) is 12.4 Å². The number of hydrazone groups is 1. The van der Waals surface area contributed by atoms with Crippen LogP contribution in [0.4, 0.5) is 5.69 Å². The van der Waals surface area contributed by atoms with Crippen LogP contribution in [0.3, 0.4) is 0 Å². The van der Waals surface area contributed by atoms with E-state index in [1.54, 1.807) is 39.8 Å². The number of ketones is 1. The second-order valence-corrected chi connectivity index (χ2v) is 13.9. The van der Waals surface area contributed by atoms with Crippen molar-refractivity contribution in [3.05, 3.63) is 52.8 Å². The minimum atomic E-state index is -2.05. The molecule has 5 bridgehead atoms. The second-order valence-electron chi connectivity index (χ2n) is 13.9. The van der Waals surface area contributed by atoms with Gasteiger partial charge in [-0.2, -0.15) is 5.10 Å². The summed E-state index contributed by atoms with van der Waals surface area (Å²) in [6.07, 6.45) is 4.36. The molecule has 53 heavy (non-hydrogen) atoms. The maximum Gasteiger partial charge on any atom is 0.312 e. The first-order valence-corrected chi connectivity index (χ1v) is 17.1. The van der Waals surface area contributed by atoms with E-state index >= 15 is 0 Å². The normalized spacial score (nSPS) is 32.2. The smallest absolute Gasteiger partial charge is 0.312 e. The number of nitrogens with one attached hydrogen (secondary N) is 1. The Balaban J connectivity index is 1.95. The third-order valence-electron chi connectivity index (χ3n) is 10.2. The van der Waals surface area contributed by atoms with E-state index in [0.29, 0.717) is 0 Å². The SMILES string of the molecule is CO[C@H]1/C=C/O[C@@]2(C)Oc3c(C)c(O)c4c(O)c(c(C=NN)c(O)c4c3C2=O)NC(=O)/C(C)=C\C=C\[C@H](C)[C@H](O)[C@@H](C)[C@@H](O)[C@@H](C)[C@H](OC(C)=O)[C@@H]1C. The number of allylic oxidation sites excluding steroid dienone is 2. The van der Waals surface area contributed by atoms with E-state index in [1.807, 2.05) is 0 Å². The highest BCUT2D eigenvalue weighted by molar-refractivity contribution is 6.23. The number of hydrogen-bond donors (Lipinski definition) is 7. The van der Waals surface area contributed by atoms with Crippen molar-refractivity contribution in [2.45, 2.75) is 85.6 Å². The topological polar surface area (TPSA) is 240 Å². The number of aliphatic hydroxyl groups is 2. The van der Waals surface area contributed by atoms with Gasteiger partial charge in [-0.1, -0.05) is 45.9 Å². The summed E-state index contributed by atoms with van der Waals surface area (Å²) in [6.45, 7) is 12.3. The van der Waals surface area contributed by atoms with Crippen LogP contribution in [0.5, 0.6) is 23.0 Å². The fourth-order valence-electron chi connectivity index (χ4n) is 6.95. The number of fused-ring (bicyclic) bond motifs is 14. The zero-order chi connectivity index (χ0) is 39.7. The molecule has 0 saturated heterocycles. The van der Waals surface area contributed by atoms with Crippen LogP contribution >= 0.6 is 0 Å². The van der Waals surface area contributed by atoms with Crippen LogP contribution in [-0.2, 0) is 23.8 Å². The molecule has 15 nitrogen and oxygen atoms in total. The summed E-state index contributed by atoms with van der Waals surface area (Å²) >= 11 is 0. The number of esters is 1. The number of anilines is 1. The summed E-state index contributed by atoms with van der Waals surface area (Å²) in [6, 6.07) is 0. The summed E-state index contributed by atoms with van der Waals surface area (Å²) in [5.74, 6) is -3.22. The fraction of sp³-hybridized carbons (Fsp3) is 0.474. The molecule has 0 saturated carbocycles. The molecule has 1 amide bonds. The quantitative estimate of drug-likeness (QED) is 0.0588. The number of nitrogens with two attached hydrogens (primary N) is 1. The number of hydrogen-bond acceptors (Lipinski definition) is 14. The van der Waals surface area contributed by atoms with E-state index in [0.717, 1.165) is 6.21 Å². The lowest BCUT2D eigenvalue weighted by atomic mass is 9.78. The first kappa shape index (κ1) is 40.6. The number of nitrogens with zero attached hydrogens (tertiary/aromatic N) is 1. The fourth-order valence-corrected chi connectivity index (χ4v) is 6.95. The van der Waals surface area contributed by atoms with Gasteiger partial charge in [0.25, 0.3) is 11.7 Å². The Morgan fingerprint density at radius 3 is 2.25 bits per heavy atom. The summed E-state index contributed by atoms with van der Waals surface area (Å²) in [5.41, 5.74) is -0.677. The number of aromatic hydroxyl groups is 3. The lowest BCUT2D eigenvalue weighted by Gasteiger charge is -2.38. The van der Waals surface area contributed by atoms with Crippen LogP contribution in [0.25, 0.3) is 10.8 Å². The monoisotopic (exact) mass is 739 g/mol. The second kappa shape index (κ2) is 15.9. The largest absolute Gasteiger partial charge is 0.507 e. The van der Waals surface area contributed by atoms with E-state index in [2.05, 4.69) is 10.4 Å². The average molecular weight is 740 g/mol. The van der Waals surface area contributed by atoms with E-state index in [1.165, 1.54) is 53.2 Å². The lowest BCUT2D eigenvalue weighted by Crippen LogP contribution is -2.46. The zero-order valence-corrected chi connectivity index (χ0v) is 31.2. The molecule has 2 aromatic rings. The van der Waals surface area contributed by atoms with Crippen molar-refractivity contribution in [1.29, 1.82) is 0 Å². The molecule has 5 rings (SSSR count). The van der Waals surface area contributed by atoms with Gasteiger partial charge in [-0.15, -0.1) is 0 Å². The summed E-state index contributed by atoms with van der Waals surface area (Å²) in [7, 11) is 1.42. The molecule has 3 aliphatic heterocycles. The number of rotatable bonds is 3. The van der Waals surface area contributed by atoms with Crippen molar-refractivity contribution in [2.24, 2.45) is 34.6 Å². The van der Waals surface area contributed by atoms with Crippen LogP contribution in [0, 0.1) is 30.6 Å². The Bertz CT molecular complexity index is 1900. The Labute approximate surface area is 307 Å².